The van der Waals surface area contributed by atoms with Crippen LogP contribution in [0.25, 0.3) is 0 Å². The van der Waals surface area contributed by atoms with Crippen LogP contribution in [0.5, 0.6) is 0 Å². The highest BCUT2D eigenvalue weighted by Gasteiger charge is 2.29. The molecule has 2 rings (SSSR count). The van der Waals surface area contributed by atoms with Gasteiger partial charge in [-0.05, 0) is 12.8 Å². The monoisotopic (exact) mass is 292 g/mol. The van der Waals surface area contributed by atoms with Gasteiger partial charge in [0, 0.05) is 18.2 Å². The zero-order chi connectivity index (χ0) is 15.3. The van der Waals surface area contributed by atoms with Crippen LogP contribution in [0.4, 0.5) is 5.69 Å². The van der Waals surface area contributed by atoms with Crippen LogP contribution in [0.15, 0.2) is 24.3 Å². The molecule has 0 heterocycles. The highest BCUT2D eigenvalue weighted by molar-refractivity contribution is 5.79. The number of hydrogen-bond acceptors (Lipinski definition) is 4. The Morgan fingerprint density at radius 3 is 2.62 bits per heavy atom. The summed E-state index contributed by atoms with van der Waals surface area (Å²) in [5, 5.41) is 23.9. The van der Waals surface area contributed by atoms with Crippen molar-refractivity contribution in [2.75, 3.05) is 6.54 Å². The minimum atomic E-state index is -0.823. The molecule has 1 aliphatic rings. The van der Waals surface area contributed by atoms with Crippen LogP contribution in [-0.4, -0.2) is 28.1 Å². The molecule has 2 N–H and O–H groups in total. The topological polar surface area (TPSA) is 92.5 Å². The summed E-state index contributed by atoms with van der Waals surface area (Å²) in [6.45, 7) is 0.215. The first-order chi connectivity index (χ1) is 10.0. The molecule has 0 bridgehead atoms. The van der Waals surface area contributed by atoms with E-state index >= 15 is 0 Å². The van der Waals surface area contributed by atoms with Crippen molar-refractivity contribution in [3.63, 3.8) is 0 Å². The van der Waals surface area contributed by atoms with Crippen molar-refractivity contribution in [2.24, 2.45) is 0 Å². The molecule has 6 nitrogen and oxygen atoms in total. The fourth-order valence-corrected chi connectivity index (χ4v) is 2.72. The summed E-state index contributed by atoms with van der Waals surface area (Å²) in [5.41, 5.74) is -0.490. The molecule has 0 atom stereocenters. The third-order valence-corrected chi connectivity index (χ3v) is 3.94. The summed E-state index contributed by atoms with van der Waals surface area (Å²) < 4.78 is 0. The number of hydrogen-bond donors (Lipinski definition) is 2. The number of carbonyl (C=O) groups excluding carboxylic acids is 1. The van der Waals surface area contributed by atoms with E-state index in [9.17, 15) is 20.0 Å². The van der Waals surface area contributed by atoms with Gasteiger partial charge in [0.1, 0.15) is 0 Å². The summed E-state index contributed by atoms with van der Waals surface area (Å²) in [6, 6.07) is 6.21. The van der Waals surface area contributed by atoms with E-state index < -0.39 is 10.5 Å². The quantitative estimate of drug-likeness (QED) is 0.641. The van der Waals surface area contributed by atoms with Crippen LogP contribution in [-0.2, 0) is 11.2 Å². The minimum absolute atomic E-state index is 0.0484. The van der Waals surface area contributed by atoms with Gasteiger partial charge in [-0.25, -0.2) is 0 Å². The second-order valence-corrected chi connectivity index (χ2v) is 5.62. The SMILES string of the molecule is O=C(Cc1ccccc1[N+](=O)[O-])NCC1(O)CCCCC1. The third kappa shape index (κ3) is 4.26. The van der Waals surface area contributed by atoms with E-state index in [4.69, 9.17) is 0 Å². The number of rotatable bonds is 5. The molecule has 1 fully saturated rings. The lowest BCUT2D eigenvalue weighted by atomic mass is 9.85. The Labute approximate surface area is 123 Å². The van der Waals surface area contributed by atoms with Crippen molar-refractivity contribution < 1.29 is 14.8 Å². The molecule has 1 aromatic carbocycles. The Bertz CT molecular complexity index is 524. The molecule has 21 heavy (non-hydrogen) atoms. The van der Waals surface area contributed by atoms with Crippen LogP contribution in [0.1, 0.15) is 37.7 Å². The predicted molar refractivity (Wildman–Crippen MR) is 77.8 cm³/mol. The number of amides is 1. The van der Waals surface area contributed by atoms with Crippen LogP contribution < -0.4 is 5.32 Å². The normalized spacial score (nSPS) is 17.2. The lowest BCUT2D eigenvalue weighted by molar-refractivity contribution is -0.385. The van der Waals surface area contributed by atoms with Crippen molar-refractivity contribution in [1.29, 1.82) is 0 Å². The average Bonchev–Trinajstić information content (AvgIpc) is 2.46. The van der Waals surface area contributed by atoms with Crippen molar-refractivity contribution in [2.45, 2.75) is 44.1 Å². The Morgan fingerprint density at radius 1 is 1.29 bits per heavy atom. The molecule has 6 heteroatoms. The van der Waals surface area contributed by atoms with Crippen molar-refractivity contribution in [3.8, 4) is 0 Å². The van der Waals surface area contributed by atoms with Gasteiger partial charge in [0.05, 0.1) is 16.9 Å². The van der Waals surface area contributed by atoms with Gasteiger partial charge in [-0.2, -0.15) is 0 Å². The van der Waals surface area contributed by atoms with E-state index in [1.165, 1.54) is 6.07 Å². The molecular formula is C15H20N2O4. The number of aliphatic hydroxyl groups is 1. The molecule has 0 aliphatic heterocycles. The lowest BCUT2D eigenvalue weighted by Crippen LogP contribution is -2.44. The maximum Gasteiger partial charge on any atom is 0.273 e. The summed E-state index contributed by atoms with van der Waals surface area (Å²) in [4.78, 5) is 22.3. The number of nitro benzene ring substituents is 1. The van der Waals surface area contributed by atoms with Crippen LogP contribution in [0.2, 0.25) is 0 Å². The van der Waals surface area contributed by atoms with E-state index in [1.54, 1.807) is 18.2 Å². The molecular weight excluding hydrogens is 272 g/mol. The molecule has 0 saturated heterocycles. The van der Waals surface area contributed by atoms with E-state index in [1.807, 2.05) is 0 Å². The Hall–Kier alpha value is -1.95. The second-order valence-electron chi connectivity index (χ2n) is 5.62. The number of nitrogens with one attached hydrogen (secondary N) is 1. The van der Waals surface area contributed by atoms with Gasteiger partial charge in [-0.3, -0.25) is 14.9 Å². The molecule has 114 valence electrons. The van der Waals surface area contributed by atoms with E-state index in [2.05, 4.69) is 5.32 Å². The van der Waals surface area contributed by atoms with Gasteiger partial charge in [0.15, 0.2) is 0 Å². The Balaban J connectivity index is 1.91. The first kappa shape index (κ1) is 15.4. The van der Waals surface area contributed by atoms with Crippen molar-refractivity contribution >= 4 is 11.6 Å². The largest absolute Gasteiger partial charge is 0.388 e. The van der Waals surface area contributed by atoms with E-state index in [-0.39, 0.29) is 24.6 Å². The number of benzene rings is 1. The fourth-order valence-electron chi connectivity index (χ4n) is 2.72. The lowest BCUT2D eigenvalue weighted by Gasteiger charge is -2.32. The molecule has 0 radical (unpaired) electrons. The molecule has 1 aliphatic carbocycles. The Kier molecular flexibility index (Phi) is 4.90. The van der Waals surface area contributed by atoms with Gasteiger partial charge in [-0.1, -0.05) is 37.5 Å². The zero-order valence-corrected chi connectivity index (χ0v) is 11.9. The third-order valence-electron chi connectivity index (χ3n) is 3.94. The van der Waals surface area contributed by atoms with Crippen LogP contribution >= 0.6 is 0 Å². The number of para-hydroxylation sites is 1. The average molecular weight is 292 g/mol. The molecule has 0 aromatic heterocycles. The smallest absolute Gasteiger partial charge is 0.273 e. The van der Waals surface area contributed by atoms with Gasteiger partial charge in [0.2, 0.25) is 5.91 Å². The van der Waals surface area contributed by atoms with E-state index in [0.717, 1.165) is 19.3 Å². The van der Waals surface area contributed by atoms with Gasteiger partial charge in [-0.15, -0.1) is 0 Å². The predicted octanol–water partition coefficient (Wildman–Crippen LogP) is 1.95. The van der Waals surface area contributed by atoms with Crippen LogP contribution in [0, 0.1) is 10.1 Å². The molecule has 1 amide bonds. The summed E-state index contributed by atoms with van der Waals surface area (Å²) in [5.74, 6) is -0.303. The Morgan fingerprint density at radius 2 is 1.95 bits per heavy atom. The number of carbonyl (C=O) groups is 1. The second kappa shape index (κ2) is 6.67. The van der Waals surface area contributed by atoms with Gasteiger partial charge >= 0.3 is 0 Å². The standard InChI is InChI=1S/C15H20N2O4/c18-14(16-11-15(19)8-4-1-5-9-15)10-12-6-2-3-7-13(12)17(20)21/h2-3,6-7,19H,1,4-5,8-11H2,(H,16,18). The first-order valence-corrected chi connectivity index (χ1v) is 7.22. The highest BCUT2D eigenvalue weighted by Crippen LogP contribution is 2.27. The van der Waals surface area contributed by atoms with Crippen LogP contribution in [0.3, 0.4) is 0 Å². The van der Waals surface area contributed by atoms with Crippen molar-refractivity contribution in [3.05, 3.63) is 39.9 Å². The maximum absolute atomic E-state index is 11.9. The summed E-state index contributed by atoms with van der Waals surface area (Å²) in [7, 11) is 0. The summed E-state index contributed by atoms with van der Waals surface area (Å²) >= 11 is 0. The molecule has 0 unspecified atom stereocenters. The van der Waals surface area contributed by atoms with E-state index in [0.29, 0.717) is 18.4 Å². The summed E-state index contributed by atoms with van der Waals surface area (Å²) in [6.07, 6.45) is 4.39. The first-order valence-electron chi connectivity index (χ1n) is 7.22. The van der Waals surface area contributed by atoms with Crippen molar-refractivity contribution in [1.82, 2.24) is 5.32 Å². The highest BCUT2D eigenvalue weighted by atomic mass is 16.6. The number of nitrogens with zero attached hydrogens (tertiary/aromatic N) is 1. The zero-order valence-electron chi connectivity index (χ0n) is 11.9. The maximum atomic E-state index is 11.9. The molecule has 0 spiro atoms. The van der Waals surface area contributed by atoms with Gasteiger partial charge in [0.25, 0.3) is 5.69 Å². The van der Waals surface area contributed by atoms with Gasteiger partial charge < -0.3 is 10.4 Å². The number of nitro groups is 1. The molecule has 1 aromatic rings. The molecule has 1 saturated carbocycles. The fraction of sp³-hybridized carbons (Fsp3) is 0.533. The minimum Gasteiger partial charge on any atom is -0.388 e.